The molecule has 0 aliphatic rings. The Balaban J connectivity index is 1.96. The SMILES string of the molecule is Cc1nc2cc(NS(=O)(=O)c3cccc(N)c3)ccc2o1. The molecular weight excluding hydrogens is 290 g/mol. The van der Waals surface area contributed by atoms with Gasteiger partial charge in [0.05, 0.1) is 10.6 Å². The Hall–Kier alpha value is -2.54. The molecule has 6 nitrogen and oxygen atoms in total. The van der Waals surface area contributed by atoms with Crippen LogP contribution in [0.1, 0.15) is 5.89 Å². The largest absolute Gasteiger partial charge is 0.441 e. The Morgan fingerprint density at radius 2 is 2.00 bits per heavy atom. The molecule has 0 fully saturated rings. The van der Waals surface area contributed by atoms with Gasteiger partial charge in [-0.1, -0.05) is 6.07 Å². The van der Waals surface area contributed by atoms with E-state index in [0.29, 0.717) is 28.4 Å². The monoisotopic (exact) mass is 303 g/mol. The number of hydrogen-bond acceptors (Lipinski definition) is 5. The third-order valence-electron chi connectivity index (χ3n) is 2.92. The molecular formula is C14H13N3O3S. The molecule has 0 radical (unpaired) electrons. The Kier molecular flexibility index (Phi) is 3.06. The van der Waals surface area contributed by atoms with E-state index < -0.39 is 10.0 Å². The first-order valence-electron chi connectivity index (χ1n) is 6.20. The summed E-state index contributed by atoms with van der Waals surface area (Å²) in [5.41, 5.74) is 7.62. The molecule has 0 aliphatic heterocycles. The Bertz CT molecular complexity index is 916. The zero-order chi connectivity index (χ0) is 15.0. The van der Waals surface area contributed by atoms with Crippen LogP contribution in [0.15, 0.2) is 51.8 Å². The number of nitrogen functional groups attached to an aromatic ring is 1. The molecule has 0 bridgehead atoms. The molecule has 3 N–H and O–H groups in total. The van der Waals surface area contributed by atoms with Gasteiger partial charge < -0.3 is 10.2 Å². The Morgan fingerprint density at radius 1 is 1.19 bits per heavy atom. The van der Waals surface area contributed by atoms with E-state index in [1.54, 1.807) is 37.3 Å². The molecule has 3 aromatic rings. The van der Waals surface area contributed by atoms with Crippen LogP contribution in [0.5, 0.6) is 0 Å². The molecule has 0 atom stereocenters. The number of benzene rings is 2. The second-order valence-corrected chi connectivity index (χ2v) is 6.28. The van der Waals surface area contributed by atoms with Crippen molar-refractivity contribution in [2.24, 2.45) is 0 Å². The lowest BCUT2D eigenvalue weighted by molar-refractivity contribution is 0.561. The van der Waals surface area contributed by atoms with E-state index >= 15 is 0 Å². The molecule has 2 aromatic carbocycles. The van der Waals surface area contributed by atoms with Gasteiger partial charge in [0.1, 0.15) is 5.52 Å². The number of oxazole rings is 1. The first-order valence-corrected chi connectivity index (χ1v) is 7.68. The number of fused-ring (bicyclic) bond motifs is 1. The zero-order valence-corrected chi connectivity index (χ0v) is 12.0. The van der Waals surface area contributed by atoms with Crippen molar-refractivity contribution in [3.8, 4) is 0 Å². The predicted octanol–water partition coefficient (Wildman–Crippen LogP) is 2.52. The highest BCUT2D eigenvalue weighted by Crippen LogP contribution is 2.22. The Morgan fingerprint density at radius 3 is 2.76 bits per heavy atom. The van der Waals surface area contributed by atoms with Gasteiger partial charge in [-0.2, -0.15) is 0 Å². The quantitative estimate of drug-likeness (QED) is 0.724. The van der Waals surface area contributed by atoms with Crippen molar-refractivity contribution in [2.75, 3.05) is 10.5 Å². The molecule has 0 saturated heterocycles. The standard InChI is InChI=1S/C14H13N3O3S/c1-9-16-13-8-11(5-6-14(13)20-9)17-21(18,19)12-4-2-3-10(15)7-12/h2-8,17H,15H2,1H3. The van der Waals surface area contributed by atoms with E-state index in [1.165, 1.54) is 12.1 Å². The summed E-state index contributed by atoms with van der Waals surface area (Å²) in [6, 6.07) is 11.0. The highest BCUT2D eigenvalue weighted by Gasteiger charge is 2.15. The van der Waals surface area contributed by atoms with Crippen LogP contribution >= 0.6 is 0 Å². The third-order valence-corrected chi connectivity index (χ3v) is 4.29. The van der Waals surface area contributed by atoms with Gasteiger partial charge in [-0.25, -0.2) is 13.4 Å². The number of anilines is 2. The summed E-state index contributed by atoms with van der Waals surface area (Å²) in [6.45, 7) is 1.73. The average Bonchev–Trinajstić information content (AvgIpc) is 2.77. The van der Waals surface area contributed by atoms with Crippen molar-refractivity contribution in [3.05, 3.63) is 48.4 Å². The molecule has 7 heteroatoms. The summed E-state index contributed by atoms with van der Waals surface area (Å²) in [4.78, 5) is 4.28. The van der Waals surface area contributed by atoms with Gasteiger partial charge in [-0.15, -0.1) is 0 Å². The highest BCUT2D eigenvalue weighted by atomic mass is 32.2. The van der Waals surface area contributed by atoms with Gasteiger partial charge in [-0.3, -0.25) is 4.72 Å². The number of nitrogens with one attached hydrogen (secondary N) is 1. The first-order chi connectivity index (χ1) is 9.94. The van der Waals surface area contributed by atoms with E-state index in [9.17, 15) is 8.42 Å². The minimum atomic E-state index is -3.69. The number of nitrogens with zero attached hydrogens (tertiary/aromatic N) is 1. The van der Waals surface area contributed by atoms with Gasteiger partial charge in [0.2, 0.25) is 0 Å². The summed E-state index contributed by atoms with van der Waals surface area (Å²) in [5.74, 6) is 0.529. The first kappa shape index (κ1) is 13.4. The molecule has 3 rings (SSSR count). The second kappa shape index (κ2) is 4.78. The van der Waals surface area contributed by atoms with Gasteiger partial charge >= 0.3 is 0 Å². The molecule has 0 amide bonds. The molecule has 0 spiro atoms. The molecule has 1 aromatic heterocycles. The number of sulfonamides is 1. The second-order valence-electron chi connectivity index (χ2n) is 4.59. The van der Waals surface area contributed by atoms with Crippen LogP contribution in [0.2, 0.25) is 0 Å². The number of rotatable bonds is 3. The molecule has 21 heavy (non-hydrogen) atoms. The van der Waals surface area contributed by atoms with Crippen molar-refractivity contribution in [3.63, 3.8) is 0 Å². The maximum atomic E-state index is 12.3. The summed E-state index contributed by atoms with van der Waals surface area (Å²) in [5, 5.41) is 0. The smallest absolute Gasteiger partial charge is 0.261 e. The van der Waals surface area contributed by atoms with Crippen LogP contribution in [0.4, 0.5) is 11.4 Å². The predicted molar refractivity (Wildman–Crippen MR) is 80.4 cm³/mol. The van der Waals surface area contributed by atoms with Gasteiger partial charge in [0.25, 0.3) is 10.0 Å². The molecule has 1 heterocycles. The van der Waals surface area contributed by atoms with Crippen LogP contribution in [-0.4, -0.2) is 13.4 Å². The van der Waals surface area contributed by atoms with Gasteiger partial charge in [-0.05, 0) is 36.4 Å². The molecule has 0 aliphatic carbocycles. The highest BCUT2D eigenvalue weighted by molar-refractivity contribution is 7.92. The fourth-order valence-corrected chi connectivity index (χ4v) is 3.11. The van der Waals surface area contributed by atoms with Crippen LogP contribution in [0.25, 0.3) is 11.1 Å². The number of nitrogens with two attached hydrogens (primary N) is 1. The van der Waals surface area contributed by atoms with Gasteiger partial charge in [0.15, 0.2) is 11.5 Å². The van der Waals surface area contributed by atoms with E-state index in [2.05, 4.69) is 9.71 Å². The molecule has 0 unspecified atom stereocenters. The topological polar surface area (TPSA) is 98.2 Å². The lowest BCUT2D eigenvalue weighted by Crippen LogP contribution is -2.13. The lowest BCUT2D eigenvalue weighted by atomic mass is 10.3. The lowest BCUT2D eigenvalue weighted by Gasteiger charge is -2.08. The van der Waals surface area contributed by atoms with Crippen molar-refractivity contribution in [2.45, 2.75) is 11.8 Å². The summed E-state index contributed by atoms with van der Waals surface area (Å²) in [6.07, 6.45) is 0. The zero-order valence-electron chi connectivity index (χ0n) is 11.2. The number of aryl methyl sites for hydroxylation is 1. The minimum Gasteiger partial charge on any atom is -0.441 e. The minimum absolute atomic E-state index is 0.110. The number of aromatic nitrogens is 1. The summed E-state index contributed by atoms with van der Waals surface area (Å²) in [7, 11) is -3.69. The third kappa shape index (κ3) is 2.68. The van der Waals surface area contributed by atoms with Gasteiger partial charge in [0, 0.05) is 12.6 Å². The summed E-state index contributed by atoms with van der Waals surface area (Å²) >= 11 is 0. The average molecular weight is 303 g/mol. The van der Waals surface area contributed by atoms with Crippen LogP contribution in [0.3, 0.4) is 0 Å². The normalized spacial score (nSPS) is 11.7. The maximum absolute atomic E-state index is 12.3. The van der Waals surface area contributed by atoms with E-state index in [0.717, 1.165) is 0 Å². The van der Waals surface area contributed by atoms with Crippen molar-refractivity contribution >= 4 is 32.5 Å². The van der Waals surface area contributed by atoms with Crippen LogP contribution in [-0.2, 0) is 10.0 Å². The molecule has 0 saturated carbocycles. The van der Waals surface area contributed by atoms with E-state index in [4.69, 9.17) is 10.2 Å². The fraction of sp³-hybridized carbons (Fsp3) is 0.0714. The Labute approximate surface area is 121 Å². The van der Waals surface area contributed by atoms with Crippen molar-refractivity contribution in [1.82, 2.24) is 4.98 Å². The van der Waals surface area contributed by atoms with E-state index in [1.807, 2.05) is 0 Å². The van der Waals surface area contributed by atoms with Crippen molar-refractivity contribution < 1.29 is 12.8 Å². The molecule has 108 valence electrons. The summed E-state index contributed by atoms with van der Waals surface area (Å²) < 4.78 is 32.4. The fourth-order valence-electron chi connectivity index (χ4n) is 2.00. The number of hydrogen-bond donors (Lipinski definition) is 2. The maximum Gasteiger partial charge on any atom is 0.261 e. The van der Waals surface area contributed by atoms with Crippen LogP contribution < -0.4 is 10.5 Å². The van der Waals surface area contributed by atoms with Crippen molar-refractivity contribution in [1.29, 1.82) is 0 Å². The van der Waals surface area contributed by atoms with Crippen LogP contribution in [0, 0.1) is 6.92 Å². The van der Waals surface area contributed by atoms with E-state index in [-0.39, 0.29) is 4.90 Å².